The van der Waals surface area contributed by atoms with Crippen LogP contribution in [0.3, 0.4) is 0 Å². The van der Waals surface area contributed by atoms with Crippen LogP contribution < -0.4 is 4.90 Å². The molecule has 3 aromatic rings. The molecule has 204 valence electrons. The van der Waals surface area contributed by atoms with Crippen LogP contribution in [0.4, 0.5) is 21.0 Å². The van der Waals surface area contributed by atoms with Gasteiger partial charge in [-0.15, -0.1) is 0 Å². The molecule has 39 heavy (non-hydrogen) atoms. The molecule has 0 radical (unpaired) electrons. The molecule has 2 heterocycles. The predicted molar refractivity (Wildman–Crippen MR) is 150 cm³/mol. The van der Waals surface area contributed by atoms with Gasteiger partial charge in [0.25, 0.3) is 0 Å². The molecule has 3 atom stereocenters. The van der Waals surface area contributed by atoms with Gasteiger partial charge < -0.3 is 24.5 Å². The Balaban J connectivity index is 1.49. The Kier molecular flexibility index (Phi) is 7.75. The number of nitrogens with zero attached hydrogens (tertiary/aromatic N) is 4. The first-order chi connectivity index (χ1) is 18.8. The molecule has 0 aromatic heterocycles. The van der Waals surface area contributed by atoms with Gasteiger partial charge in [0.1, 0.15) is 0 Å². The molecule has 0 unspecified atom stereocenters. The Morgan fingerprint density at radius 2 is 1.38 bits per heavy atom. The number of urea groups is 2. The Morgan fingerprint density at radius 3 is 1.92 bits per heavy atom. The summed E-state index contributed by atoms with van der Waals surface area (Å²) < 4.78 is 13.1. The number of hydrogen-bond donors (Lipinski definition) is 2. The number of rotatable bonds is 5. The second-order valence-electron chi connectivity index (χ2n) is 10.1. The van der Waals surface area contributed by atoms with E-state index in [1.54, 1.807) is 41.1 Å². The first-order valence-electron chi connectivity index (χ1n) is 13.1. The van der Waals surface area contributed by atoms with E-state index in [-0.39, 0.29) is 18.6 Å². The average Bonchev–Trinajstić information content (AvgIpc) is 2.93. The molecule has 3 aromatic carbocycles. The zero-order chi connectivity index (χ0) is 27.6. The summed E-state index contributed by atoms with van der Waals surface area (Å²) in [6.45, 7) is 0.404. The topological polar surface area (TPSA) is 105 Å². The molecule has 2 aliphatic rings. The van der Waals surface area contributed by atoms with Crippen molar-refractivity contribution < 1.29 is 23.9 Å². The van der Waals surface area contributed by atoms with Crippen LogP contribution in [0.15, 0.2) is 91.0 Å². The number of para-hydroxylation sites is 2. The number of piperidine rings is 1. The molecule has 2 aliphatic heterocycles. The van der Waals surface area contributed by atoms with E-state index in [1.807, 2.05) is 66.7 Å². The molecule has 10 heteroatoms. The smallest absolute Gasteiger partial charge is 0.323 e. The lowest BCUT2D eigenvalue weighted by Crippen LogP contribution is -2.70. The number of carbonyl (C=O) groups is 2. The van der Waals surface area contributed by atoms with Crippen molar-refractivity contribution in [1.82, 2.24) is 14.7 Å². The van der Waals surface area contributed by atoms with Gasteiger partial charge in [0.2, 0.25) is 0 Å². The third kappa shape index (κ3) is 5.57. The monoisotopic (exact) mass is 548 g/mol. The number of amides is 4. The average molecular weight is 549 g/mol. The second kappa shape index (κ2) is 11.2. The molecule has 5 rings (SSSR count). The molecule has 2 saturated heterocycles. The van der Waals surface area contributed by atoms with Crippen molar-refractivity contribution in [3.8, 4) is 0 Å². The third-order valence-corrected chi connectivity index (χ3v) is 8.79. The van der Waals surface area contributed by atoms with Crippen molar-refractivity contribution in [1.29, 1.82) is 0 Å². The lowest BCUT2D eigenvalue weighted by Gasteiger charge is -2.55. The van der Waals surface area contributed by atoms with Crippen LogP contribution in [0.25, 0.3) is 0 Å². The summed E-state index contributed by atoms with van der Waals surface area (Å²) in [5, 5.41) is 0. The summed E-state index contributed by atoms with van der Waals surface area (Å²) in [5.41, 5.74) is 2.13. The molecule has 0 saturated carbocycles. The van der Waals surface area contributed by atoms with Crippen LogP contribution in [0.5, 0.6) is 0 Å². The SMILES string of the molecule is CN(Cc1ccccc1)C(=O)N1[C@H]2CCC[C@@H]1[C@@H](P(=O)(O)O)N(C(=O)N(c1ccccc1)c1ccccc1)C2. The Hall–Kier alpha value is -3.65. The molecular weight excluding hydrogens is 515 g/mol. The normalized spacial score (nSPS) is 20.8. The quantitative estimate of drug-likeness (QED) is 0.425. The summed E-state index contributed by atoms with van der Waals surface area (Å²) in [6, 6.07) is 25.7. The van der Waals surface area contributed by atoms with E-state index in [0.29, 0.717) is 30.8 Å². The first kappa shape index (κ1) is 26.9. The van der Waals surface area contributed by atoms with E-state index in [2.05, 4.69) is 0 Å². The largest absolute Gasteiger partial charge is 0.350 e. The van der Waals surface area contributed by atoms with Crippen LogP contribution in [0.2, 0.25) is 0 Å². The molecular formula is C29H33N4O5P. The van der Waals surface area contributed by atoms with E-state index in [1.165, 1.54) is 9.80 Å². The van der Waals surface area contributed by atoms with Crippen molar-refractivity contribution in [3.63, 3.8) is 0 Å². The molecule has 4 amide bonds. The molecule has 2 bridgehead atoms. The van der Waals surface area contributed by atoms with E-state index >= 15 is 0 Å². The fourth-order valence-electron chi connectivity index (χ4n) is 5.80. The first-order valence-corrected chi connectivity index (χ1v) is 14.8. The van der Waals surface area contributed by atoms with E-state index < -0.39 is 25.5 Å². The highest BCUT2D eigenvalue weighted by Gasteiger charge is 2.55. The number of fused-ring (bicyclic) bond motifs is 2. The predicted octanol–water partition coefficient (Wildman–Crippen LogP) is 5.24. The molecule has 2 N–H and O–H groups in total. The van der Waals surface area contributed by atoms with Crippen LogP contribution >= 0.6 is 7.60 Å². The zero-order valence-corrected chi connectivity index (χ0v) is 22.7. The van der Waals surface area contributed by atoms with Gasteiger partial charge in [0.15, 0.2) is 5.78 Å². The summed E-state index contributed by atoms with van der Waals surface area (Å²) in [7, 11) is -3.15. The van der Waals surface area contributed by atoms with Gasteiger partial charge in [0.05, 0.1) is 23.5 Å². The summed E-state index contributed by atoms with van der Waals surface area (Å²) in [5.74, 6) is -1.45. The van der Waals surface area contributed by atoms with Gasteiger partial charge in [-0.3, -0.25) is 9.46 Å². The lowest BCUT2D eigenvalue weighted by molar-refractivity contribution is 0.00474. The number of piperazine rings is 1. The van der Waals surface area contributed by atoms with Gasteiger partial charge in [-0.1, -0.05) is 66.7 Å². The number of hydrogen-bond acceptors (Lipinski definition) is 3. The summed E-state index contributed by atoms with van der Waals surface area (Å²) in [4.78, 5) is 55.2. The molecule has 2 fully saturated rings. The Bertz CT molecular complexity index is 1300. The second-order valence-corrected chi connectivity index (χ2v) is 11.8. The Labute approximate surface area is 228 Å². The van der Waals surface area contributed by atoms with Crippen molar-refractivity contribution in [2.45, 2.75) is 43.7 Å². The van der Waals surface area contributed by atoms with Crippen LogP contribution in [-0.2, 0) is 11.1 Å². The van der Waals surface area contributed by atoms with Crippen LogP contribution in [0, 0.1) is 0 Å². The molecule has 0 aliphatic carbocycles. The van der Waals surface area contributed by atoms with Gasteiger partial charge in [0, 0.05) is 20.1 Å². The maximum atomic E-state index is 14.2. The van der Waals surface area contributed by atoms with Crippen molar-refractivity contribution >= 4 is 31.0 Å². The fraction of sp³-hybridized carbons (Fsp3) is 0.310. The number of benzene rings is 3. The minimum atomic E-state index is -4.85. The number of likely N-dealkylation sites (tertiary alicyclic amines) is 1. The van der Waals surface area contributed by atoms with Crippen LogP contribution in [-0.4, -0.2) is 68.0 Å². The summed E-state index contributed by atoms with van der Waals surface area (Å²) >= 11 is 0. The number of carbonyl (C=O) groups excluding carboxylic acids is 2. The van der Waals surface area contributed by atoms with E-state index in [0.717, 1.165) is 12.0 Å². The highest BCUT2D eigenvalue weighted by atomic mass is 31.2. The van der Waals surface area contributed by atoms with Crippen molar-refractivity contribution in [3.05, 3.63) is 96.6 Å². The molecule has 9 nitrogen and oxygen atoms in total. The third-order valence-electron chi connectivity index (χ3n) is 7.48. The minimum absolute atomic E-state index is 0.0339. The molecule has 0 spiro atoms. The van der Waals surface area contributed by atoms with Gasteiger partial charge in [-0.25, -0.2) is 9.59 Å². The van der Waals surface area contributed by atoms with Gasteiger partial charge >= 0.3 is 19.7 Å². The number of anilines is 2. The van der Waals surface area contributed by atoms with Crippen molar-refractivity contribution in [2.24, 2.45) is 0 Å². The highest BCUT2D eigenvalue weighted by Crippen LogP contribution is 2.51. The van der Waals surface area contributed by atoms with Crippen molar-refractivity contribution in [2.75, 3.05) is 18.5 Å². The maximum absolute atomic E-state index is 14.2. The zero-order valence-electron chi connectivity index (χ0n) is 21.8. The summed E-state index contributed by atoms with van der Waals surface area (Å²) in [6.07, 6.45) is 1.77. The Morgan fingerprint density at radius 1 is 0.846 bits per heavy atom. The maximum Gasteiger partial charge on any atom is 0.350 e. The standard InChI is InChI=1S/C29H33N4O5P/c1-30(20-22-12-5-2-6-13-22)28(34)33-25-18-11-19-26(33)27(39(36,37)38)31(21-25)29(35)32(23-14-7-3-8-15-23)24-16-9-4-10-17-24/h2-10,12-17,25-27H,11,18-21H2,1H3,(H2,36,37,38)/t25-,26+,27+/m0/s1. The van der Waals surface area contributed by atoms with E-state index in [9.17, 15) is 23.9 Å². The van der Waals surface area contributed by atoms with Crippen LogP contribution in [0.1, 0.15) is 24.8 Å². The fourth-order valence-corrected chi connectivity index (χ4v) is 7.09. The van der Waals surface area contributed by atoms with E-state index in [4.69, 9.17) is 0 Å². The minimum Gasteiger partial charge on any atom is -0.323 e. The highest BCUT2D eigenvalue weighted by molar-refractivity contribution is 7.52. The van der Waals surface area contributed by atoms with Gasteiger partial charge in [-0.05, 0) is 49.1 Å². The van der Waals surface area contributed by atoms with Gasteiger partial charge in [-0.2, -0.15) is 0 Å². The lowest BCUT2D eigenvalue weighted by atomic mass is 9.91.